The van der Waals surface area contributed by atoms with Gasteiger partial charge < -0.3 is 10.2 Å². The topological polar surface area (TPSA) is 49.4 Å². The molecule has 124 valence electrons. The number of hydrogen-bond acceptors (Lipinski definition) is 2. The second kappa shape index (κ2) is 7.30. The minimum Gasteiger partial charge on any atom is -0.341 e. The highest BCUT2D eigenvalue weighted by Gasteiger charge is 2.32. The van der Waals surface area contributed by atoms with Crippen LogP contribution in [0.25, 0.3) is 0 Å². The van der Waals surface area contributed by atoms with Crippen LogP contribution >= 0.6 is 0 Å². The Morgan fingerprint density at radius 3 is 2.33 bits per heavy atom. The van der Waals surface area contributed by atoms with E-state index in [9.17, 15) is 9.59 Å². The summed E-state index contributed by atoms with van der Waals surface area (Å²) in [5.41, 5.74) is 1.73. The van der Waals surface area contributed by atoms with Gasteiger partial charge in [-0.1, -0.05) is 48.5 Å². The van der Waals surface area contributed by atoms with E-state index in [4.69, 9.17) is 0 Å². The fraction of sp³-hybridized carbons (Fsp3) is 0.300. The van der Waals surface area contributed by atoms with Crippen molar-refractivity contribution < 1.29 is 9.59 Å². The molecule has 2 atom stereocenters. The fourth-order valence-electron chi connectivity index (χ4n) is 3.23. The summed E-state index contributed by atoms with van der Waals surface area (Å²) in [6.45, 7) is 2.49. The van der Waals surface area contributed by atoms with Gasteiger partial charge in [0, 0.05) is 12.1 Å². The minimum absolute atomic E-state index is 0.0226. The number of carbonyl (C=O) groups excluding carboxylic acids is 2. The van der Waals surface area contributed by atoms with Crippen molar-refractivity contribution in [3.8, 4) is 0 Å². The molecule has 1 saturated heterocycles. The first-order chi connectivity index (χ1) is 11.7. The Morgan fingerprint density at radius 2 is 1.67 bits per heavy atom. The Labute approximate surface area is 142 Å². The summed E-state index contributed by atoms with van der Waals surface area (Å²) in [6.07, 6.45) is 1.96. The van der Waals surface area contributed by atoms with Crippen LogP contribution in [0.5, 0.6) is 0 Å². The number of rotatable bonds is 4. The molecule has 1 fully saturated rings. The molecule has 2 aromatic carbocycles. The lowest BCUT2D eigenvalue weighted by Crippen LogP contribution is -2.46. The molecule has 2 amide bonds. The molecule has 24 heavy (non-hydrogen) atoms. The second-order valence-electron chi connectivity index (χ2n) is 6.16. The Hall–Kier alpha value is -2.62. The summed E-state index contributed by atoms with van der Waals surface area (Å²) in [7, 11) is 0. The fourth-order valence-corrected chi connectivity index (χ4v) is 3.23. The second-order valence-corrected chi connectivity index (χ2v) is 6.16. The molecule has 0 bridgehead atoms. The van der Waals surface area contributed by atoms with Gasteiger partial charge in [0.15, 0.2) is 0 Å². The summed E-state index contributed by atoms with van der Waals surface area (Å²) >= 11 is 0. The zero-order valence-electron chi connectivity index (χ0n) is 13.8. The number of carbonyl (C=O) groups is 2. The monoisotopic (exact) mass is 322 g/mol. The molecule has 2 aromatic rings. The molecule has 1 aliphatic rings. The van der Waals surface area contributed by atoms with Crippen LogP contribution in [-0.2, 0) is 4.79 Å². The molecule has 1 heterocycles. The highest BCUT2D eigenvalue weighted by Crippen LogP contribution is 2.32. The Kier molecular flexibility index (Phi) is 4.94. The molecule has 0 aromatic heterocycles. The van der Waals surface area contributed by atoms with Gasteiger partial charge in [-0.25, -0.2) is 0 Å². The maximum absolute atomic E-state index is 12.8. The van der Waals surface area contributed by atoms with Crippen LogP contribution in [0.15, 0.2) is 60.7 Å². The molecule has 0 saturated carbocycles. The van der Waals surface area contributed by atoms with Gasteiger partial charge >= 0.3 is 0 Å². The van der Waals surface area contributed by atoms with Crippen LogP contribution in [0.3, 0.4) is 0 Å². The van der Waals surface area contributed by atoms with E-state index in [0.29, 0.717) is 5.56 Å². The summed E-state index contributed by atoms with van der Waals surface area (Å²) in [6, 6.07) is 18.6. The zero-order chi connectivity index (χ0) is 16.9. The first kappa shape index (κ1) is 16.2. The molecule has 4 heteroatoms. The quantitative estimate of drug-likeness (QED) is 0.940. The maximum atomic E-state index is 12.8. The molecule has 1 aliphatic heterocycles. The maximum Gasteiger partial charge on any atom is 0.251 e. The van der Waals surface area contributed by atoms with Crippen molar-refractivity contribution in [1.29, 1.82) is 0 Å². The smallest absolute Gasteiger partial charge is 0.251 e. The number of hydrogen-bond donors (Lipinski definition) is 1. The lowest BCUT2D eigenvalue weighted by atomic mass is 10.0. The standard InChI is InChI=1S/C20H22N2O2/c1-15(21-19(23)17-11-6-3-7-12-17)20(24)22-14-8-13-18(22)16-9-4-2-5-10-16/h2-7,9-12,15,18H,8,13-14H2,1H3,(H,21,23)/t15-,18+/m1/s1. The van der Waals surface area contributed by atoms with Gasteiger partial charge in [0.05, 0.1) is 6.04 Å². The largest absolute Gasteiger partial charge is 0.341 e. The van der Waals surface area contributed by atoms with E-state index in [1.54, 1.807) is 19.1 Å². The van der Waals surface area contributed by atoms with Gasteiger partial charge in [-0.05, 0) is 37.5 Å². The van der Waals surface area contributed by atoms with Crippen LogP contribution in [0.4, 0.5) is 0 Å². The first-order valence-corrected chi connectivity index (χ1v) is 8.38. The molecule has 0 unspecified atom stereocenters. The zero-order valence-corrected chi connectivity index (χ0v) is 13.8. The first-order valence-electron chi connectivity index (χ1n) is 8.38. The molecule has 0 spiro atoms. The third kappa shape index (κ3) is 3.48. The predicted octanol–water partition coefficient (Wildman–Crippen LogP) is 3.17. The molecular formula is C20H22N2O2. The average Bonchev–Trinajstić information content (AvgIpc) is 3.12. The van der Waals surface area contributed by atoms with Crippen LogP contribution in [0.2, 0.25) is 0 Å². The highest BCUT2D eigenvalue weighted by molar-refractivity contribution is 5.97. The van der Waals surface area contributed by atoms with Crippen molar-refractivity contribution in [1.82, 2.24) is 10.2 Å². The van der Waals surface area contributed by atoms with Crippen molar-refractivity contribution in [3.05, 3.63) is 71.8 Å². The number of likely N-dealkylation sites (tertiary alicyclic amines) is 1. The van der Waals surface area contributed by atoms with Crippen molar-refractivity contribution in [2.45, 2.75) is 31.8 Å². The Balaban J connectivity index is 1.68. The molecule has 0 aliphatic carbocycles. The summed E-state index contributed by atoms with van der Waals surface area (Å²) in [5.74, 6) is -0.238. The van der Waals surface area contributed by atoms with Crippen LogP contribution < -0.4 is 5.32 Å². The highest BCUT2D eigenvalue weighted by atomic mass is 16.2. The van der Waals surface area contributed by atoms with Crippen molar-refractivity contribution in [2.24, 2.45) is 0 Å². The molecular weight excluding hydrogens is 300 g/mol. The number of nitrogens with one attached hydrogen (secondary N) is 1. The van der Waals surface area contributed by atoms with Crippen molar-refractivity contribution in [3.63, 3.8) is 0 Å². The van der Waals surface area contributed by atoms with E-state index in [1.165, 1.54) is 0 Å². The average molecular weight is 322 g/mol. The van der Waals surface area contributed by atoms with Gasteiger partial charge in [0.1, 0.15) is 6.04 Å². The molecule has 1 N–H and O–H groups in total. The van der Waals surface area contributed by atoms with Gasteiger partial charge in [-0.15, -0.1) is 0 Å². The van der Waals surface area contributed by atoms with Crippen LogP contribution in [-0.4, -0.2) is 29.3 Å². The lowest BCUT2D eigenvalue weighted by molar-refractivity contribution is -0.133. The predicted molar refractivity (Wildman–Crippen MR) is 93.5 cm³/mol. The van der Waals surface area contributed by atoms with Gasteiger partial charge in [0.2, 0.25) is 5.91 Å². The van der Waals surface area contributed by atoms with Gasteiger partial charge in [-0.2, -0.15) is 0 Å². The molecule has 4 nitrogen and oxygen atoms in total. The van der Waals surface area contributed by atoms with E-state index in [1.807, 2.05) is 41.3 Å². The van der Waals surface area contributed by atoms with Gasteiger partial charge in [0.25, 0.3) is 5.91 Å². The normalized spacial score (nSPS) is 18.2. The number of amides is 2. The van der Waals surface area contributed by atoms with E-state index in [2.05, 4.69) is 17.4 Å². The van der Waals surface area contributed by atoms with E-state index in [-0.39, 0.29) is 17.9 Å². The van der Waals surface area contributed by atoms with Crippen LogP contribution in [0.1, 0.15) is 41.7 Å². The summed E-state index contributed by atoms with van der Waals surface area (Å²) < 4.78 is 0. The summed E-state index contributed by atoms with van der Waals surface area (Å²) in [4.78, 5) is 26.9. The third-order valence-electron chi connectivity index (χ3n) is 4.47. The minimum atomic E-state index is -0.540. The lowest BCUT2D eigenvalue weighted by Gasteiger charge is -2.28. The summed E-state index contributed by atoms with van der Waals surface area (Å²) in [5, 5.41) is 2.81. The van der Waals surface area contributed by atoms with Gasteiger partial charge in [-0.3, -0.25) is 9.59 Å². The van der Waals surface area contributed by atoms with E-state index >= 15 is 0 Å². The van der Waals surface area contributed by atoms with Crippen molar-refractivity contribution in [2.75, 3.05) is 6.54 Å². The van der Waals surface area contributed by atoms with E-state index < -0.39 is 6.04 Å². The SMILES string of the molecule is C[C@@H](NC(=O)c1ccccc1)C(=O)N1CCC[C@H]1c1ccccc1. The molecule has 3 rings (SSSR count). The Morgan fingerprint density at radius 1 is 1.04 bits per heavy atom. The third-order valence-corrected chi connectivity index (χ3v) is 4.47. The van der Waals surface area contributed by atoms with E-state index in [0.717, 1.165) is 24.9 Å². The molecule has 0 radical (unpaired) electrons. The van der Waals surface area contributed by atoms with Crippen LogP contribution in [0, 0.1) is 0 Å². The number of benzene rings is 2. The van der Waals surface area contributed by atoms with Crippen molar-refractivity contribution >= 4 is 11.8 Å². The number of nitrogens with zero attached hydrogens (tertiary/aromatic N) is 1. The Bertz CT molecular complexity index is 700.